The monoisotopic (exact) mass is 465 g/mol. The molecule has 1 aromatic rings. The molecular formula is C21H38NO4Tc. The number of unbranched alkanes of at least 4 members (excludes halogenated alkanes) is 13. The number of rotatable bonds is 15. The van der Waals surface area contributed by atoms with Crippen LogP contribution in [0, 0.1) is 0 Å². The number of aromatic nitrogens is 1. The van der Waals surface area contributed by atoms with Crippen LogP contribution in [0.15, 0.2) is 30.6 Å². The standard InChI is InChI=1S/C21H38N.4O.Tc/c1-2-3-4-5-6-7-8-9-10-11-12-13-14-16-19-22-20-17-15-18-21-22;;;;;/h15,17-18,20-21H,2-14,16,19H2,1H3;;;;;/q+1;;;;-1;. The first-order valence-electron chi connectivity index (χ1n) is 10.5. The molecule has 0 amide bonds. The van der Waals surface area contributed by atoms with Gasteiger partial charge in [0.05, 0.1) is 0 Å². The average Bonchev–Trinajstić information content (AvgIpc) is 2.61. The van der Waals surface area contributed by atoms with E-state index in [2.05, 4.69) is 42.1 Å². The Morgan fingerprint density at radius 1 is 0.630 bits per heavy atom. The van der Waals surface area contributed by atoms with Crippen molar-refractivity contribution in [2.24, 2.45) is 0 Å². The molecule has 0 saturated heterocycles. The molecule has 6 heteroatoms. The molecule has 0 N–H and O–H groups in total. The molecule has 0 fully saturated rings. The summed E-state index contributed by atoms with van der Waals surface area (Å²) in [6.07, 6.45) is 24.4. The molecule has 0 atom stereocenters. The first kappa shape index (κ1) is 26.2. The zero-order valence-electron chi connectivity index (χ0n) is 17.0. The average molecular weight is 467 g/mol. The number of hydrogen-bond donors (Lipinski definition) is 0. The van der Waals surface area contributed by atoms with Gasteiger partial charge in [-0.05, 0) is 6.42 Å². The van der Waals surface area contributed by atoms with Gasteiger partial charge in [0.2, 0.25) is 0 Å². The third kappa shape index (κ3) is 25.2. The molecule has 0 radical (unpaired) electrons. The van der Waals surface area contributed by atoms with E-state index in [1.807, 2.05) is 0 Å². The van der Waals surface area contributed by atoms with E-state index in [0.717, 1.165) is 0 Å². The number of aryl methyl sites for hydroxylation is 1. The summed E-state index contributed by atoms with van der Waals surface area (Å²) in [5, 5.41) is 0. The third-order valence-corrected chi connectivity index (χ3v) is 4.55. The van der Waals surface area contributed by atoms with Gasteiger partial charge < -0.3 is 0 Å². The van der Waals surface area contributed by atoms with Crippen molar-refractivity contribution in [3.8, 4) is 0 Å². The van der Waals surface area contributed by atoms with Crippen LogP contribution in [0.3, 0.4) is 0 Å². The van der Waals surface area contributed by atoms with Gasteiger partial charge in [0, 0.05) is 18.6 Å². The fourth-order valence-electron chi connectivity index (χ4n) is 3.07. The molecular weight excluding hydrogens is 428 g/mol. The minimum atomic E-state index is -5.94. The Hall–Kier alpha value is -0.841. The summed E-state index contributed by atoms with van der Waals surface area (Å²) in [6, 6.07) is 6.31. The van der Waals surface area contributed by atoms with Crippen LogP contribution in [0.2, 0.25) is 0 Å². The second-order valence-corrected chi connectivity index (χ2v) is 8.95. The van der Waals surface area contributed by atoms with Crippen molar-refractivity contribution in [2.45, 2.75) is 103 Å². The minimum absolute atomic E-state index is 1.18. The Kier molecular flexibility index (Phi) is 17.9. The summed E-state index contributed by atoms with van der Waals surface area (Å²) in [5.74, 6) is 0. The van der Waals surface area contributed by atoms with Crippen LogP contribution in [-0.2, 0) is 32.6 Å². The van der Waals surface area contributed by atoms with Crippen LogP contribution in [0.25, 0.3) is 0 Å². The summed E-state index contributed by atoms with van der Waals surface area (Å²) in [4.78, 5) is 0. The van der Waals surface area contributed by atoms with Crippen molar-refractivity contribution < 1.29 is 34.5 Å². The molecule has 0 aliphatic heterocycles. The van der Waals surface area contributed by atoms with Crippen LogP contribution >= 0.6 is 0 Å². The molecule has 158 valence electrons. The molecule has 0 bridgehead atoms. The maximum absolute atomic E-state index is 8.62. The maximum atomic E-state index is 8.62. The summed E-state index contributed by atoms with van der Waals surface area (Å²) >= 11 is -5.94. The molecule has 0 unspecified atom stereocenters. The van der Waals surface area contributed by atoms with Crippen molar-refractivity contribution in [2.75, 3.05) is 0 Å². The molecule has 1 heterocycles. The first-order valence-corrected chi connectivity index (χ1v) is 13.5. The predicted molar refractivity (Wildman–Crippen MR) is 99.0 cm³/mol. The van der Waals surface area contributed by atoms with Gasteiger partial charge in [0.25, 0.3) is 0 Å². The summed E-state index contributed by atoms with van der Waals surface area (Å²) in [5.41, 5.74) is 0. The molecule has 5 nitrogen and oxygen atoms in total. The number of pyridine rings is 1. The zero-order valence-corrected chi connectivity index (χ0v) is 18.8. The Labute approximate surface area is 168 Å². The fraction of sp³-hybridized carbons (Fsp3) is 0.762. The van der Waals surface area contributed by atoms with E-state index in [4.69, 9.17) is 14.4 Å². The fourth-order valence-corrected chi connectivity index (χ4v) is 3.07. The van der Waals surface area contributed by atoms with E-state index in [1.165, 1.54) is 96.4 Å². The van der Waals surface area contributed by atoms with Crippen LogP contribution in [0.5, 0.6) is 0 Å². The van der Waals surface area contributed by atoms with E-state index >= 15 is 0 Å². The zero-order chi connectivity index (χ0) is 20.2. The second-order valence-electron chi connectivity index (χ2n) is 7.09. The number of hydrogen-bond acceptors (Lipinski definition) is 4. The molecule has 27 heavy (non-hydrogen) atoms. The van der Waals surface area contributed by atoms with Gasteiger partial charge in [-0.3, -0.25) is 0 Å². The van der Waals surface area contributed by atoms with Gasteiger partial charge in [-0.1, -0.05) is 90.0 Å². The normalized spacial score (nSPS) is 11.0. The Morgan fingerprint density at radius 2 is 0.963 bits per heavy atom. The Morgan fingerprint density at radius 3 is 1.33 bits per heavy atom. The van der Waals surface area contributed by atoms with Crippen LogP contribution in [0.4, 0.5) is 0 Å². The van der Waals surface area contributed by atoms with Gasteiger partial charge in [-0.2, -0.15) is 0 Å². The van der Waals surface area contributed by atoms with Gasteiger partial charge in [-0.25, -0.2) is 4.57 Å². The molecule has 0 aliphatic carbocycles. The summed E-state index contributed by atoms with van der Waals surface area (Å²) < 4.78 is 36.8. The Bertz CT molecular complexity index is 569. The molecule has 1 rings (SSSR count). The van der Waals surface area contributed by atoms with E-state index in [0.29, 0.717) is 0 Å². The van der Waals surface area contributed by atoms with E-state index in [-0.39, 0.29) is 0 Å². The van der Waals surface area contributed by atoms with E-state index in [1.54, 1.807) is 0 Å². The van der Waals surface area contributed by atoms with Gasteiger partial charge in [-0.15, -0.1) is 0 Å². The van der Waals surface area contributed by atoms with Crippen molar-refractivity contribution >= 4 is 0 Å². The SMILES string of the molecule is CCCCCCCCCCCCCCCC[n+]1ccccc1.[O]=[Tc](=[O])(=[O])[O-]. The van der Waals surface area contributed by atoms with E-state index in [9.17, 15) is 0 Å². The molecule has 0 aromatic carbocycles. The molecule has 0 saturated carbocycles. The van der Waals surface area contributed by atoms with Crippen molar-refractivity contribution in [1.82, 2.24) is 0 Å². The quantitative estimate of drug-likeness (QED) is 0.272. The molecule has 1 aromatic heterocycles. The van der Waals surface area contributed by atoms with Crippen LogP contribution in [-0.4, -0.2) is 0 Å². The van der Waals surface area contributed by atoms with Gasteiger partial charge >= 0.3 is 29.9 Å². The van der Waals surface area contributed by atoms with Crippen LogP contribution < -0.4 is 8.43 Å². The van der Waals surface area contributed by atoms with Gasteiger partial charge in [0.1, 0.15) is 6.54 Å². The predicted octanol–water partition coefficient (Wildman–Crippen LogP) is 4.91. The van der Waals surface area contributed by atoms with E-state index < -0.39 is 15.5 Å². The molecule has 0 spiro atoms. The third-order valence-electron chi connectivity index (χ3n) is 4.55. The van der Waals surface area contributed by atoms with Crippen LogP contribution in [0.1, 0.15) is 96.8 Å². The van der Waals surface area contributed by atoms with Crippen molar-refractivity contribution in [3.63, 3.8) is 0 Å². The summed E-state index contributed by atoms with van der Waals surface area (Å²) in [6.45, 7) is 3.47. The topological polar surface area (TPSA) is 78.1 Å². The molecule has 0 aliphatic rings. The second kappa shape index (κ2) is 18.5. The van der Waals surface area contributed by atoms with Crippen molar-refractivity contribution in [1.29, 1.82) is 0 Å². The first-order chi connectivity index (χ1) is 12.9. The Balaban J connectivity index is 0.00000119. The van der Waals surface area contributed by atoms with Crippen molar-refractivity contribution in [3.05, 3.63) is 30.6 Å². The number of nitrogens with zero attached hydrogens (tertiary/aromatic N) is 1. The van der Waals surface area contributed by atoms with Gasteiger partial charge in [0.15, 0.2) is 12.4 Å². The summed E-state index contributed by atoms with van der Waals surface area (Å²) in [7, 11) is 0.